The third kappa shape index (κ3) is 3.67. The molecule has 0 bridgehead atoms. The van der Waals surface area contributed by atoms with Crippen molar-refractivity contribution < 1.29 is 4.74 Å². The molecule has 3 aromatic carbocycles. The van der Waals surface area contributed by atoms with Crippen molar-refractivity contribution in [1.29, 1.82) is 0 Å². The minimum Gasteiger partial charge on any atom is -0.496 e. The number of nitrogens with zero attached hydrogens (tertiary/aromatic N) is 1. The molecule has 158 valence electrons. The van der Waals surface area contributed by atoms with Crippen molar-refractivity contribution in [2.24, 2.45) is 0 Å². The second-order valence-electron chi connectivity index (χ2n) is 8.06. The molecule has 0 amide bonds. The lowest BCUT2D eigenvalue weighted by Crippen LogP contribution is -2.26. The monoisotopic (exact) mass is 419 g/mol. The number of rotatable bonds is 5. The van der Waals surface area contributed by atoms with Crippen LogP contribution in [-0.2, 0) is 6.42 Å². The van der Waals surface area contributed by atoms with Gasteiger partial charge in [-0.15, -0.1) is 0 Å². The van der Waals surface area contributed by atoms with E-state index in [0.717, 1.165) is 46.5 Å². The zero-order chi connectivity index (χ0) is 21.9. The molecule has 4 aromatic rings. The molecule has 0 spiro atoms. The quantitative estimate of drug-likeness (QED) is 0.398. The largest absolute Gasteiger partial charge is 0.496 e. The molecule has 0 saturated carbocycles. The third-order valence-corrected chi connectivity index (χ3v) is 6.21. The van der Waals surface area contributed by atoms with E-state index in [4.69, 9.17) is 4.74 Å². The maximum Gasteiger partial charge on any atom is 0.258 e. The van der Waals surface area contributed by atoms with Gasteiger partial charge in [0.15, 0.2) is 0 Å². The van der Waals surface area contributed by atoms with Gasteiger partial charge in [-0.05, 0) is 47.7 Å². The van der Waals surface area contributed by atoms with Crippen molar-refractivity contribution >= 4 is 11.8 Å². The van der Waals surface area contributed by atoms with Gasteiger partial charge in [0.1, 0.15) is 5.75 Å². The second-order valence-corrected chi connectivity index (χ2v) is 8.06. The highest BCUT2D eigenvalue weighted by Gasteiger charge is 2.22. The van der Waals surface area contributed by atoms with Crippen molar-refractivity contribution in [3.05, 3.63) is 135 Å². The van der Waals surface area contributed by atoms with Gasteiger partial charge in [0.25, 0.3) is 5.56 Å². The summed E-state index contributed by atoms with van der Waals surface area (Å²) in [4.78, 5) is 13.8. The van der Waals surface area contributed by atoms with Gasteiger partial charge < -0.3 is 4.74 Å². The Kier molecular flexibility index (Phi) is 5.47. The summed E-state index contributed by atoms with van der Waals surface area (Å²) >= 11 is 0. The summed E-state index contributed by atoms with van der Waals surface area (Å²) in [6, 6.07) is 30.5. The zero-order valence-corrected chi connectivity index (χ0v) is 18.1. The molecule has 32 heavy (non-hydrogen) atoms. The molecule has 0 aliphatic heterocycles. The summed E-state index contributed by atoms with van der Waals surface area (Å²) in [5.74, 6) is 0.793. The van der Waals surface area contributed by atoms with Crippen LogP contribution >= 0.6 is 0 Å². The van der Waals surface area contributed by atoms with Crippen molar-refractivity contribution in [2.75, 3.05) is 7.11 Å². The van der Waals surface area contributed by atoms with Crippen LogP contribution in [0, 0.1) is 0 Å². The molecule has 1 aliphatic carbocycles. The number of hydrogen-bond donors (Lipinski definition) is 0. The highest BCUT2D eigenvalue weighted by Crippen LogP contribution is 2.33. The van der Waals surface area contributed by atoms with E-state index < -0.39 is 0 Å². The van der Waals surface area contributed by atoms with Crippen molar-refractivity contribution in [3.63, 3.8) is 0 Å². The smallest absolute Gasteiger partial charge is 0.258 e. The number of fused-ring (bicyclic) bond motifs is 1. The molecule has 1 aromatic heterocycles. The van der Waals surface area contributed by atoms with E-state index in [1.54, 1.807) is 7.11 Å². The Morgan fingerprint density at radius 3 is 2.12 bits per heavy atom. The summed E-state index contributed by atoms with van der Waals surface area (Å²) in [5, 5.41) is 0. The lowest BCUT2D eigenvalue weighted by Gasteiger charge is -2.22. The van der Waals surface area contributed by atoms with Crippen LogP contribution in [0.2, 0.25) is 0 Å². The van der Waals surface area contributed by atoms with Crippen molar-refractivity contribution in [2.45, 2.75) is 18.8 Å². The number of allylic oxidation sites excluding steroid dienone is 1. The Morgan fingerprint density at radius 2 is 1.47 bits per heavy atom. The van der Waals surface area contributed by atoms with Gasteiger partial charge in [-0.25, -0.2) is 0 Å². The predicted octanol–water partition coefficient (Wildman–Crippen LogP) is 5.98. The standard InChI is InChI=1S/C29H25NO2/c1-32-27-16-8-14-23-20-24(17-18-25(23)27)30-19-9-15-26(29(30)31)28(21-10-4-2-5-11-21)22-12-6-3-7-13-22/h2-16,19-20,28H,17-18H2,1H3. The van der Waals surface area contributed by atoms with Gasteiger partial charge in [0, 0.05) is 28.9 Å². The predicted molar refractivity (Wildman–Crippen MR) is 130 cm³/mol. The molecule has 0 saturated heterocycles. The van der Waals surface area contributed by atoms with Crippen LogP contribution in [0.3, 0.4) is 0 Å². The van der Waals surface area contributed by atoms with Crippen LogP contribution in [0.1, 0.15) is 40.2 Å². The molecular weight excluding hydrogens is 394 g/mol. The first-order chi connectivity index (χ1) is 15.8. The highest BCUT2D eigenvalue weighted by molar-refractivity contribution is 5.76. The highest BCUT2D eigenvalue weighted by atomic mass is 16.5. The fourth-order valence-electron chi connectivity index (χ4n) is 4.67. The molecule has 0 atom stereocenters. The summed E-state index contributed by atoms with van der Waals surface area (Å²) in [5.41, 5.74) is 6.37. The molecule has 1 aliphatic rings. The minimum absolute atomic E-state index is 0.0304. The molecule has 0 N–H and O–H groups in total. The molecule has 0 fully saturated rings. The Balaban J connectivity index is 1.63. The van der Waals surface area contributed by atoms with Gasteiger partial charge in [0.2, 0.25) is 0 Å². The molecule has 3 nitrogen and oxygen atoms in total. The van der Waals surface area contributed by atoms with Crippen molar-refractivity contribution in [3.8, 4) is 5.75 Å². The Hall–Kier alpha value is -3.85. The van der Waals surface area contributed by atoms with E-state index in [1.807, 2.05) is 71.4 Å². The summed E-state index contributed by atoms with van der Waals surface area (Å²) < 4.78 is 7.34. The van der Waals surface area contributed by atoms with E-state index in [-0.39, 0.29) is 11.5 Å². The Bertz CT molecular complexity index is 1280. The maximum atomic E-state index is 13.8. The summed E-state index contributed by atoms with van der Waals surface area (Å²) in [6.45, 7) is 0. The van der Waals surface area contributed by atoms with Crippen LogP contribution < -0.4 is 10.3 Å². The van der Waals surface area contributed by atoms with Crippen LogP contribution in [0.25, 0.3) is 11.8 Å². The lowest BCUT2D eigenvalue weighted by molar-refractivity contribution is 0.409. The molecule has 3 heteroatoms. The number of aromatic nitrogens is 1. The molecular formula is C29H25NO2. The topological polar surface area (TPSA) is 31.2 Å². The SMILES string of the molecule is COc1cccc2c1CCC(n1cccc(C(c3ccccc3)c3ccccc3)c1=O)=C2. The van der Waals surface area contributed by atoms with E-state index in [0.29, 0.717) is 0 Å². The first-order valence-corrected chi connectivity index (χ1v) is 10.9. The zero-order valence-electron chi connectivity index (χ0n) is 18.1. The van der Waals surface area contributed by atoms with Gasteiger partial charge in [-0.2, -0.15) is 0 Å². The second kappa shape index (κ2) is 8.72. The first-order valence-electron chi connectivity index (χ1n) is 10.9. The number of pyridine rings is 1. The Morgan fingerprint density at radius 1 is 0.781 bits per heavy atom. The van der Waals surface area contributed by atoms with E-state index in [9.17, 15) is 4.79 Å². The first kappa shape index (κ1) is 20.1. The van der Waals surface area contributed by atoms with Gasteiger partial charge in [0.05, 0.1) is 7.11 Å². The lowest BCUT2D eigenvalue weighted by atomic mass is 9.85. The van der Waals surface area contributed by atoms with Gasteiger partial charge >= 0.3 is 0 Å². The molecule has 1 heterocycles. The van der Waals surface area contributed by atoms with Gasteiger partial charge in [-0.3, -0.25) is 9.36 Å². The number of methoxy groups -OCH3 is 1. The Labute approximate surface area is 188 Å². The number of hydrogen-bond acceptors (Lipinski definition) is 2. The molecule has 0 unspecified atom stereocenters. The normalized spacial score (nSPS) is 12.9. The van der Waals surface area contributed by atoms with Crippen molar-refractivity contribution in [1.82, 2.24) is 4.57 Å². The number of benzene rings is 3. The summed E-state index contributed by atoms with van der Waals surface area (Å²) in [6.07, 6.45) is 5.64. The molecule has 0 radical (unpaired) electrons. The van der Waals surface area contributed by atoms with Crippen LogP contribution in [0.4, 0.5) is 0 Å². The fraction of sp³-hybridized carbons (Fsp3) is 0.138. The summed E-state index contributed by atoms with van der Waals surface area (Å²) in [7, 11) is 1.70. The minimum atomic E-state index is -0.117. The van der Waals surface area contributed by atoms with Crippen LogP contribution in [-0.4, -0.2) is 11.7 Å². The van der Waals surface area contributed by atoms with Crippen LogP contribution in [0.15, 0.2) is 102 Å². The van der Waals surface area contributed by atoms with E-state index in [2.05, 4.69) is 36.4 Å². The maximum absolute atomic E-state index is 13.8. The fourth-order valence-corrected chi connectivity index (χ4v) is 4.67. The van der Waals surface area contributed by atoms with E-state index in [1.165, 1.54) is 5.56 Å². The number of ether oxygens (including phenoxy) is 1. The van der Waals surface area contributed by atoms with Crippen LogP contribution in [0.5, 0.6) is 5.75 Å². The average Bonchev–Trinajstić information content (AvgIpc) is 2.86. The average molecular weight is 420 g/mol. The van der Waals surface area contributed by atoms with Gasteiger partial charge in [-0.1, -0.05) is 78.9 Å². The third-order valence-electron chi connectivity index (χ3n) is 6.21. The van der Waals surface area contributed by atoms with E-state index >= 15 is 0 Å². The molecule has 5 rings (SSSR count).